The number of carbonyl (C=O) groups is 14. The third kappa shape index (κ3) is 32.8. The zero-order valence-corrected chi connectivity index (χ0v) is 72.2. The van der Waals surface area contributed by atoms with Crippen LogP contribution in [0.2, 0.25) is 0 Å². The Morgan fingerprint density at radius 2 is 1.25 bits per heavy atom. The van der Waals surface area contributed by atoms with Crippen molar-refractivity contribution in [3.05, 3.63) is 95.6 Å². The van der Waals surface area contributed by atoms with E-state index in [9.17, 15) is 108 Å². The molecule has 3 aliphatic rings. The van der Waals surface area contributed by atoms with Crippen LogP contribution in [-0.4, -0.2) is 274 Å². The van der Waals surface area contributed by atoms with Crippen LogP contribution in [0.3, 0.4) is 0 Å². The molecule has 39 heteroatoms. The second-order valence-corrected chi connectivity index (χ2v) is 33.8. The number of hydrogen-bond donors (Lipinski definition) is 21. The van der Waals surface area contributed by atoms with Crippen molar-refractivity contribution >= 4 is 101 Å². The minimum atomic E-state index is -2.69. The molecule has 20 unspecified atom stereocenters. The summed E-state index contributed by atoms with van der Waals surface area (Å²) in [7, 11) is 0. The van der Waals surface area contributed by atoms with Gasteiger partial charge in [-0.1, -0.05) is 146 Å². The Morgan fingerprint density at radius 3 is 1.90 bits per heavy atom. The number of rotatable bonds is 44. The monoisotopic (exact) mass is 1760 g/mol. The first kappa shape index (κ1) is 103. The average Bonchev–Trinajstić information content (AvgIpc) is 1.57. The highest BCUT2D eigenvalue weighted by atomic mass is 32.2. The second kappa shape index (κ2) is 52.0. The highest BCUT2D eigenvalue weighted by Crippen LogP contribution is 2.32. The van der Waals surface area contributed by atoms with Crippen LogP contribution >= 0.6 is 11.8 Å². The fraction of sp³-hybridized carbons (Fsp3) is 0.624. The molecule has 6 rings (SSSR count). The standard InChI is InChI=1S/C85H128N14O24S/c1-8-48(4)38-49(5)23-15-11-9-10-12-20-29-67(108)89-60-42-65(106)80(117)97-82(119)71-63(104)32-35-98(71)84(121)69(64(105)43-66(86)107)95-81(118)70(96-79(116)61-41-54(102)44-99(61)83(120)68(50(6)101)94-78(60)115)73(110)72(109)53-30-31-62(103)57(40-53)90-76(113)56(93-85(122)123-45-52-26-18-14-19-27-52)28-21-22-34-87-74(111)59(39-51-24-16-13-17-25-51)92-77(114)58(37-47(2)3)91-75(112)55(88-46-100)33-36-124-7/h13-14,16-19,24-27,30-31,40,46-50,54-56,58-61,63-65,68-73,80,101-106,109-110,117H,8-12,15,20-23,28-29,32-39,41-45H2,1-7H3,(H2,86,107)(H,87,111)(H,88,100)(H,89,108)(H,90,113)(H,91,112)(H,92,114)(H,93,122)(H,94,115)(H,95,118)(H,96,116)(H,97,119). The third-order valence-electron chi connectivity index (χ3n) is 22.2. The lowest BCUT2D eigenvalue weighted by atomic mass is 9.91. The number of phenols is 1. The summed E-state index contributed by atoms with van der Waals surface area (Å²) in [5, 5.41) is 131. The summed E-state index contributed by atoms with van der Waals surface area (Å²) in [5.41, 5.74) is 5.71. The average molecular weight is 1760 g/mol. The fourth-order valence-corrected chi connectivity index (χ4v) is 15.6. The first-order chi connectivity index (χ1) is 58.9. The number of anilines is 1. The number of fused-ring (bicyclic) bond motifs is 2. The Labute approximate surface area is 726 Å². The Morgan fingerprint density at radius 1 is 0.629 bits per heavy atom. The van der Waals surface area contributed by atoms with Crippen molar-refractivity contribution in [2.75, 3.05) is 37.0 Å². The van der Waals surface area contributed by atoms with Gasteiger partial charge in [-0.2, -0.15) is 11.8 Å². The van der Waals surface area contributed by atoms with E-state index in [1.54, 1.807) is 60.7 Å². The van der Waals surface area contributed by atoms with Gasteiger partial charge >= 0.3 is 6.09 Å². The molecule has 0 saturated carbocycles. The summed E-state index contributed by atoms with van der Waals surface area (Å²) in [4.78, 5) is 198. The van der Waals surface area contributed by atoms with Crippen LogP contribution in [0.15, 0.2) is 78.9 Å². The van der Waals surface area contributed by atoms with Gasteiger partial charge in [-0.15, -0.1) is 0 Å². The Bertz CT molecular complexity index is 4010. The van der Waals surface area contributed by atoms with Gasteiger partial charge in [0.15, 0.2) is 6.23 Å². The van der Waals surface area contributed by atoms with Gasteiger partial charge in [0.25, 0.3) is 0 Å². The van der Waals surface area contributed by atoms with Crippen molar-refractivity contribution in [1.29, 1.82) is 0 Å². The number of primary amides is 1. The van der Waals surface area contributed by atoms with Gasteiger partial charge in [-0.25, -0.2) is 4.79 Å². The number of hydrogen-bond acceptors (Lipinski definition) is 25. The molecule has 0 bridgehead atoms. The molecular formula is C85H128N14O24S. The molecule has 3 aromatic carbocycles. The zero-order chi connectivity index (χ0) is 91.4. The maximum absolute atomic E-state index is 15.1. The van der Waals surface area contributed by atoms with E-state index < -0.39 is 242 Å². The normalized spacial score (nSPS) is 22.9. The second-order valence-electron chi connectivity index (χ2n) is 32.9. The van der Waals surface area contributed by atoms with E-state index in [-0.39, 0.29) is 64.0 Å². The molecule has 3 fully saturated rings. The number of aliphatic hydroxyl groups is 8. The number of aliphatic hydroxyl groups excluding tert-OH is 8. The number of thioether (sulfide) groups is 1. The Kier molecular flexibility index (Phi) is 43.0. The van der Waals surface area contributed by atoms with Gasteiger partial charge in [0.05, 0.1) is 36.5 Å². The number of benzene rings is 3. The minimum absolute atomic E-state index is 0.0126. The number of nitrogens with two attached hydrogens (primary N) is 1. The van der Waals surface area contributed by atoms with Crippen molar-refractivity contribution in [1.82, 2.24) is 63.0 Å². The van der Waals surface area contributed by atoms with Crippen LogP contribution in [0, 0.1) is 17.8 Å². The Hall–Kier alpha value is -10.1. The molecule has 14 amide bonds. The van der Waals surface area contributed by atoms with Crippen LogP contribution in [0.4, 0.5) is 10.5 Å². The molecule has 38 nitrogen and oxygen atoms in total. The molecule has 3 aliphatic heterocycles. The quantitative estimate of drug-likeness (QED) is 0.0189. The number of alkyl carbamates (subject to hydrolysis) is 1. The molecule has 0 radical (unpaired) electrons. The maximum Gasteiger partial charge on any atom is 0.408 e. The van der Waals surface area contributed by atoms with Gasteiger partial charge in [-0.05, 0) is 117 Å². The number of unbranched alkanes of at least 4 members (excludes halogenated alkanes) is 6. The summed E-state index contributed by atoms with van der Waals surface area (Å²) in [5.74, 6) is -12.5. The summed E-state index contributed by atoms with van der Waals surface area (Å²) >= 11 is 1.46. The van der Waals surface area contributed by atoms with Gasteiger partial charge in [0, 0.05) is 45.3 Å². The van der Waals surface area contributed by atoms with Crippen molar-refractivity contribution in [3.8, 4) is 5.75 Å². The van der Waals surface area contributed by atoms with E-state index in [0.717, 1.165) is 70.1 Å². The number of amides is 14. The third-order valence-corrected chi connectivity index (χ3v) is 22.8. The van der Waals surface area contributed by atoms with Crippen molar-refractivity contribution in [3.63, 3.8) is 0 Å². The first-order valence-electron chi connectivity index (χ1n) is 42.5. The molecule has 3 aromatic rings. The molecule has 688 valence electrons. The number of nitrogens with one attached hydrogen (secondary N) is 11. The molecule has 0 aliphatic carbocycles. The number of nitrogens with zero attached hydrogens (tertiary/aromatic N) is 2. The van der Waals surface area contributed by atoms with E-state index in [4.69, 9.17) is 10.5 Å². The molecule has 3 heterocycles. The minimum Gasteiger partial charge on any atom is -0.506 e. The predicted octanol–water partition coefficient (Wildman–Crippen LogP) is -0.695. The van der Waals surface area contributed by atoms with Crippen molar-refractivity contribution in [2.24, 2.45) is 23.5 Å². The van der Waals surface area contributed by atoms with E-state index >= 15 is 4.79 Å². The number of ether oxygens (including phenoxy) is 1. The van der Waals surface area contributed by atoms with Gasteiger partial charge in [0.2, 0.25) is 77.3 Å². The van der Waals surface area contributed by atoms with Crippen molar-refractivity contribution < 1.29 is 118 Å². The van der Waals surface area contributed by atoms with Gasteiger partial charge in [0.1, 0.15) is 91.1 Å². The Balaban J connectivity index is 1.28. The molecule has 124 heavy (non-hydrogen) atoms. The van der Waals surface area contributed by atoms with Crippen LogP contribution in [0.25, 0.3) is 0 Å². The van der Waals surface area contributed by atoms with Gasteiger partial charge < -0.3 is 125 Å². The van der Waals surface area contributed by atoms with E-state index in [1.807, 2.05) is 20.1 Å². The first-order valence-corrected chi connectivity index (χ1v) is 43.9. The van der Waals surface area contributed by atoms with Gasteiger partial charge in [-0.3, -0.25) is 62.3 Å². The SMILES string of the molecule is CCC(C)CC(C)CCCCCCCCC(=O)NC1CC(O)C(O)NC(=O)C2C(O)CCN2C(=O)C(C(O)CC(N)=O)NC(=O)C(C(O)C(O)c2ccc(O)c(NC(=O)C(CCCCNC(=O)C(Cc3ccccc3)NC(=O)C(CC(C)C)NC(=O)C(CCSC)NC=O)NC(=O)OCc3ccccc3)c2)NC(=O)C2CC(O)CN2C(=O)C(C(C)O)NC1=O. The molecule has 0 spiro atoms. The summed E-state index contributed by atoms with van der Waals surface area (Å²) < 4.78 is 5.46. The van der Waals surface area contributed by atoms with Crippen LogP contribution in [0.5, 0.6) is 5.75 Å². The summed E-state index contributed by atoms with van der Waals surface area (Å²) in [6, 6.07) is 2.33. The molecular weight excluding hydrogens is 1630 g/mol. The molecule has 0 aromatic heterocycles. The smallest absolute Gasteiger partial charge is 0.408 e. The predicted molar refractivity (Wildman–Crippen MR) is 454 cm³/mol. The summed E-state index contributed by atoms with van der Waals surface area (Å²) in [6.07, 6.45) is -10.9. The van der Waals surface area contributed by atoms with Crippen LogP contribution in [-0.2, 0) is 80.1 Å². The lowest BCUT2D eigenvalue weighted by Gasteiger charge is -2.34. The zero-order valence-electron chi connectivity index (χ0n) is 71.4. The lowest BCUT2D eigenvalue weighted by molar-refractivity contribution is -0.149. The molecule has 20 atom stereocenters. The van der Waals surface area contributed by atoms with E-state index in [2.05, 4.69) is 79.3 Å². The van der Waals surface area contributed by atoms with E-state index in [0.29, 0.717) is 57.8 Å². The topological polar surface area (TPSA) is 595 Å². The fourth-order valence-electron chi connectivity index (χ4n) is 15.1. The highest BCUT2D eigenvalue weighted by Gasteiger charge is 2.50. The van der Waals surface area contributed by atoms with Crippen LogP contribution < -0.4 is 64.2 Å². The lowest BCUT2D eigenvalue weighted by Crippen LogP contribution is -2.64. The summed E-state index contributed by atoms with van der Waals surface area (Å²) in [6.45, 7) is 9.80. The van der Waals surface area contributed by atoms with Crippen molar-refractivity contribution in [2.45, 2.75) is 286 Å². The van der Waals surface area contributed by atoms with E-state index in [1.165, 1.54) is 11.8 Å². The van der Waals surface area contributed by atoms with Crippen LogP contribution in [0.1, 0.15) is 186 Å². The number of phenolic OH excluding ortho intramolecular Hbond substituents is 1. The number of aromatic hydroxyl groups is 1. The highest BCUT2D eigenvalue weighted by molar-refractivity contribution is 7.98. The maximum atomic E-state index is 15.1. The molecule has 22 N–H and O–H groups in total. The molecule has 3 saturated heterocycles. The number of carbonyl (C=O) groups excluding carboxylic acids is 14. The largest absolute Gasteiger partial charge is 0.506 e.